The zero-order valence-corrected chi connectivity index (χ0v) is 14.5. The minimum Gasteiger partial charge on any atom is -0.461 e. The number of thiophene rings is 1. The molecular weight excluding hydrogens is 380 g/mol. The van der Waals surface area contributed by atoms with Crippen LogP contribution < -0.4 is 5.56 Å². The van der Waals surface area contributed by atoms with E-state index in [4.69, 9.17) is 4.74 Å². The standard InChI is InChI=1S/C16H13BrN2O3S/c17-12-3-1-11(2-4-12)9-22-14(20)5-7-19-10-18-15-13(16(19)21)6-8-23-15/h1-4,6,8,10H,5,7,9H2. The summed E-state index contributed by atoms with van der Waals surface area (Å²) >= 11 is 4.77. The Morgan fingerprint density at radius 2 is 2.04 bits per heavy atom. The van der Waals surface area contributed by atoms with Crippen LogP contribution in [0.15, 0.2) is 51.3 Å². The first-order chi connectivity index (χ1) is 11.1. The van der Waals surface area contributed by atoms with Crippen LogP contribution in [0.4, 0.5) is 0 Å². The summed E-state index contributed by atoms with van der Waals surface area (Å²) in [5, 5.41) is 2.41. The summed E-state index contributed by atoms with van der Waals surface area (Å²) in [5.41, 5.74) is 0.789. The Kier molecular flexibility index (Phi) is 4.88. The van der Waals surface area contributed by atoms with Gasteiger partial charge in [0, 0.05) is 11.0 Å². The quantitative estimate of drug-likeness (QED) is 0.624. The predicted molar refractivity (Wildman–Crippen MR) is 92.4 cm³/mol. The zero-order chi connectivity index (χ0) is 16.2. The molecule has 23 heavy (non-hydrogen) atoms. The molecule has 0 atom stereocenters. The minimum absolute atomic E-state index is 0.128. The van der Waals surface area contributed by atoms with Gasteiger partial charge in [0.05, 0.1) is 18.1 Å². The van der Waals surface area contributed by atoms with Gasteiger partial charge in [-0.1, -0.05) is 28.1 Å². The number of fused-ring (bicyclic) bond motifs is 1. The minimum atomic E-state index is -0.342. The Bertz CT molecular complexity index is 886. The summed E-state index contributed by atoms with van der Waals surface area (Å²) < 4.78 is 7.63. The molecule has 1 aromatic carbocycles. The molecule has 2 aromatic heterocycles. The van der Waals surface area contributed by atoms with Crippen molar-refractivity contribution in [2.24, 2.45) is 0 Å². The average Bonchev–Trinajstić information content (AvgIpc) is 3.03. The first kappa shape index (κ1) is 15.9. The molecule has 0 saturated carbocycles. The van der Waals surface area contributed by atoms with Crippen LogP contribution in [0.5, 0.6) is 0 Å². The smallest absolute Gasteiger partial charge is 0.307 e. The second kappa shape index (κ2) is 7.06. The second-order valence-corrected chi connectivity index (χ2v) is 6.73. The average molecular weight is 393 g/mol. The molecule has 3 aromatic rings. The lowest BCUT2D eigenvalue weighted by atomic mass is 10.2. The van der Waals surface area contributed by atoms with Crippen LogP contribution in [0.25, 0.3) is 10.2 Å². The summed E-state index contributed by atoms with van der Waals surface area (Å²) in [7, 11) is 0. The van der Waals surface area contributed by atoms with Gasteiger partial charge >= 0.3 is 5.97 Å². The van der Waals surface area contributed by atoms with Gasteiger partial charge in [0.15, 0.2) is 0 Å². The Hall–Kier alpha value is -1.99. The van der Waals surface area contributed by atoms with E-state index in [1.165, 1.54) is 22.2 Å². The predicted octanol–water partition coefficient (Wildman–Crippen LogP) is 3.35. The van der Waals surface area contributed by atoms with E-state index in [2.05, 4.69) is 20.9 Å². The van der Waals surface area contributed by atoms with E-state index >= 15 is 0 Å². The molecule has 0 fully saturated rings. The van der Waals surface area contributed by atoms with Crippen LogP contribution in [-0.4, -0.2) is 15.5 Å². The Labute approximate surface area is 144 Å². The van der Waals surface area contributed by atoms with Crippen molar-refractivity contribution < 1.29 is 9.53 Å². The number of aromatic nitrogens is 2. The van der Waals surface area contributed by atoms with E-state index in [1.54, 1.807) is 6.07 Å². The Balaban J connectivity index is 1.56. The third-order valence-corrected chi connectivity index (χ3v) is 4.67. The van der Waals surface area contributed by atoms with E-state index in [-0.39, 0.29) is 31.1 Å². The summed E-state index contributed by atoms with van der Waals surface area (Å²) in [6.45, 7) is 0.486. The number of carbonyl (C=O) groups is 1. The van der Waals surface area contributed by atoms with Gasteiger partial charge in [-0.2, -0.15) is 0 Å². The van der Waals surface area contributed by atoms with Gasteiger partial charge in [-0.3, -0.25) is 14.2 Å². The monoisotopic (exact) mass is 392 g/mol. The van der Waals surface area contributed by atoms with Crippen LogP contribution in [-0.2, 0) is 22.7 Å². The van der Waals surface area contributed by atoms with Crippen molar-refractivity contribution in [2.75, 3.05) is 0 Å². The molecule has 0 bridgehead atoms. The maximum absolute atomic E-state index is 12.2. The third kappa shape index (κ3) is 3.86. The molecular formula is C16H13BrN2O3S. The fourth-order valence-corrected chi connectivity index (χ4v) is 3.07. The zero-order valence-electron chi connectivity index (χ0n) is 12.1. The molecule has 0 spiro atoms. The molecule has 0 saturated heterocycles. The number of hydrogen-bond acceptors (Lipinski definition) is 5. The number of halogens is 1. The molecule has 0 aliphatic carbocycles. The van der Waals surface area contributed by atoms with Crippen molar-refractivity contribution in [1.82, 2.24) is 9.55 Å². The largest absolute Gasteiger partial charge is 0.461 e. The second-order valence-electron chi connectivity index (χ2n) is 4.92. The highest BCUT2D eigenvalue weighted by Gasteiger charge is 2.08. The lowest BCUT2D eigenvalue weighted by molar-refractivity contribution is -0.145. The molecule has 5 nitrogen and oxygen atoms in total. The van der Waals surface area contributed by atoms with Crippen LogP contribution in [0.1, 0.15) is 12.0 Å². The fourth-order valence-electron chi connectivity index (χ4n) is 2.08. The van der Waals surface area contributed by atoms with E-state index < -0.39 is 0 Å². The van der Waals surface area contributed by atoms with Crippen LogP contribution in [0.3, 0.4) is 0 Å². The molecule has 0 radical (unpaired) electrons. The van der Waals surface area contributed by atoms with Crippen LogP contribution >= 0.6 is 27.3 Å². The molecule has 0 N–H and O–H groups in total. The topological polar surface area (TPSA) is 61.2 Å². The molecule has 3 rings (SSSR count). The molecule has 0 aliphatic heterocycles. The number of benzene rings is 1. The van der Waals surface area contributed by atoms with Crippen molar-refractivity contribution in [2.45, 2.75) is 19.6 Å². The van der Waals surface area contributed by atoms with Gasteiger partial charge in [-0.25, -0.2) is 4.98 Å². The van der Waals surface area contributed by atoms with Gasteiger partial charge in [-0.15, -0.1) is 11.3 Å². The summed E-state index contributed by atoms with van der Waals surface area (Å²) in [6, 6.07) is 9.30. The van der Waals surface area contributed by atoms with Gasteiger partial charge in [0.1, 0.15) is 11.4 Å². The summed E-state index contributed by atoms with van der Waals surface area (Å²) in [4.78, 5) is 28.9. The lowest BCUT2D eigenvalue weighted by Gasteiger charge is -2.07. The highest BCUT2D eigenvalue weighted by atomic mass is 79.9. The number of carbonyl (C=O) groups excluding carboxylic acids is 1. The van der Waals surface area contributed by atoms with E-state index in [0.29, 0.717) is 10.2 Å². The number of ether oxygens (including phenoxy) is 1. The molecule has 118 valence electrons. The molecule has 7 heteroatoms. The first-order valence-electron chi connectivity index (χ1n) is 6.96. The maximum atomic E-state index is 12.2. The SMILES string of the molecule is O=C(CCn1cnc2sccc2c1=O)OCc1ccc(Br)cc1. The van der Waals surface area contributed by atoms with Crippen molar-refractivity contribution in [3.8, 4) is 0 Å². The summed E-state index contributed by atoms with van der Waals surface area (Å²) in [5.74, 6) is -0.342. The highest BCUT2D eigenvalue weighted by Crippen LogP contribution is 2.13. The molecule has 2 heterocycles. The maximum Gasteiger partial charge on any atom is 0.307 e. The number of rotatable bonds is 5. The van der Waals surface area contributed by atoms with Gasteiger partial charge < -0.3 is 4.74 Å². The Morgan fingerprint density at radius 3 is 2.83 bits per heavy atom. The van der Waals surface area contributed by atoms with Gasteiger partial charge in [0.2, 0.25) is 0 Å². The van der Waals surface area contributed by atoms with Crippen LogP contribution in [0, 0.1) is 0 Å². The Morgan fingerprint density at radius 1 is 1.26 bits per heavy atom. The van der Waals surface area contributed by atoms with Gasteiger partial charge in [-0.05, 0) is 29.1 Å². The molecule has 0 aliphatic rings. The summed E-state index contributed by atoms with van der Waals surface area (Å²) in [6.07, 6.45) is 1.61. The van der Waals surface area contributed by atoms with E-state index in [1.807, 2.05) is 29.6 Å². The lowest BCUT2D eigenvalue weighted by Crippen LogP contribution is -2.21. The number of esters is 1. The number of hydrogen-bond donors (Lipinski definition) is 0. The third-order valence-electron chi connectivity index (χ3n) is 3.32. The van der Waals surface area contributed by atoms with Crippen molar-refractivity contribution in [3.63, 3.8) is 0 Å². The first-order valence-corrected chi connectivity index (χ1v) is 8.63. The normalized spacial score (nSPS) is 10.8. The number of nitrogens with zero attached hydrogens (tertiary/aromatic N) is 2. The molecule has 0 amide bonds. The highest BCUT2D eigenvalue weighted by molar-refractivity contribution is 9.10. The van der Waals surface area contributed by atoms with Gasteiger partial charge in [0.25, 0.3) is 5.56 Å². The number of aryl methyl sites for hydroxylation is 1. The fraction of sp³-hybridized carbons (Fsp3) is 0.188. The molecule has 0 unspecified atom stereocenters. The van der Waals surface area contributed by atoms with E-state index in [9.17, 15) is 9.59 Å². The van der Waals surface area contributed by atoms with Crippen molar-refractivity contribution in [3.05, 3.63) is 62.4 Å². The van der Waals surface area contributed by atoms with Crippen molar-refractivity contribution >= 4 is 43.5 Å². The van der Waals surface area contributed by atoms with E-state index in [0.717, 1.165) is 10.0 Å². The van der Waals surface area contributed by atoms with Crippen LogP contribution in [0.2, 0.25) is 0 Å². The van der Waals surface area contributed by atoms with Crippen molar-refractivity contribution in [1.29, 1.82) is 0 Å².